The van der Waals surface area contributed by atoms with E-state index in [0.717, 1.165) is 18.4 Å². The molecule has 0 bridgehead atoms. The predicted octanol–water partition coefficient (Wildman–Crippen LogP) is 1.48. The Bertz CT molecular complexity index is 482. The first-order chi connectivity index (χ1) is 10.2. The van der Waals surface area contributed by atoms with Crippen LogP contribution in [0.25, 0.3) is 0 Å². The summed E-state index contributed by atoms with van der Waals surface area (Å²) >= 11 is -1.31. The number of piperidine rings is 1. The van der Waals surface area contributed by atoms with E-state index in [1.165, 1.54) is 0 Å². The summed E-state index contributed by atoms with van der Waals surface area (Å²) in [5.74, 6) is -0.410. The van der Waals surface area contributed by atoms with E-state index in [0.29, 0.717) is 24.6 Å². The van der Waals surface area contributed by atoms with Gasteiger partial charge in [0.2, 0.25) is 0 Å². The summed E-state index contributed by atoms with van der Waals surface area (Å²) < 4.78 is 19.5. The van der Waals surface area contributed by atoms with Crippen LogP contribution in [0.15, 0.2) is 29.2 Å². The van der Waals surface area contributed by atoms with Crippen LogP contribution in [0.1, 0.15) is 25.3 Å². The predicted molar refractivity (Wildman–Crippen MR) is 79.7 cm³/mol. The van der Waals surface area contributed by atoms with Crippen molar-refractivity contribution in [2.45, 2.75) is 31.3 Å². The molecule has 0 aromatic heterocycles. The number of aliphatic hydroxyl groups excluding tert-OH is 1. The molecule has 2 unspecified atom stereocenters. The van der Waals surface area contributed by atoms with E-state index in [-0.39, 0.29) is 18.5 Å². The van der Waals surface area contributed by atoms with Gasteiger partial charge in [-0.1, -0.05) is 12.1 Å². The fourth-order valence-electron chi connectivity index (χ4n) is 2.45. The van der Waals surface area contributed by atoms with Crippen molar-refractivity contribution in [1.82, 2.24) is 4.31 Å². The molecule has 21 heavy (non-hydrogen) atoms. The zero-order chi connectivity index (χ0) is 15.2. The lowest BCUT2D eigenvalue weighted by Crippen LogP contribution is -2.42. The fourth-order valence-corrected chi connectivity index (χ4v) is 3.80. The minimum Gasteiger partial charge on any atom is -0.593 e. The summed E-state index contributed by atoms with van der Waals surface area (Å²) in [6, 6.07) is 7.09. The lowest BCUT2D eigenvalue weighted by atomic mass is 10.0. The van der Waals surface area contributed by atoms with Crippen LogP contribution in [0.3, 0.4) is 0 Å². The van der Waals surface area contributed by atoms with Crippen molar-refractivity contribution < 1.29 is 19.2 Å². The number of ether oxygens (including phenoxy) is 1. The molecule has 2 atom stereocenters. The van der Waals surface area contributed by atoms with Gasteiger partial charge in [-0.2, -0.15) is 0 Å². The minimum atomic E-state index is -1.31. The molecular formula is C15H21NO4S. The SMILES string of the molecule is CCOC(=O)C1CCCN([S+]([O-])c2cccc(CO)c2)C1. The molecule has 1 fully saturated rings. The molecule has 0 spiro atoms. The normalized spacial score (nSPS) is 21.0. The zero-order valence-electron chi connectivity index (χ0n) is 12.2. The monoisotopic (exact) mass is 311 g/mol. The van der Waals surface area contributed by atoms with E-state index in [9.17, 15) is 9.35 Å². The van der Waals surface area contributed by atoms with Gasteiger partial charge in [0.05, 0.1) is 37.0 Å². The van der Waals surface area contributed by atoms with Gasteiger partial charge in [-0.15, -0.1) is 4.31 Å². The molecule has 0 saturated carbocycles. The first kappa shape index (κ1) is 16.3. The average molecular weight is 311 g/mol. The fraction of sp³-hybridized carbons (Fsp3) is 0.533. The Kier molecular flexibility index (Phi) is 6.05. The van der Waals surface area contributed by atoms with Crippen molar-refractivity contribution >= 4 is 17.3 Å². The van der Waals surface area contributed by atoms with Gasteiger partial charge in [0.25, 0.3) is 0 Å². The van der Waals surface area contributed by atoms with Crippen LogP contribution in [-0.2, 0) is 27.5 Å². The number of hydrogen-bond donors (Lipinski definition) is 1. The molecule has 1 heterocycles. The van der Waals surface area contributed by atoms with E-state index >= 15 is 0 Å². The maximum atomic E-state index is 12.6. The molecule has 1 aliphatic heterocycles. The van der Waals surface area contributed by atoms with E-state index in [1.807, 2.05) is 4.31 Å². The van der Waals surface area contributed by atoms with E-state index in [4.69, 9.17) is 9.84 Å². The van der Waals surface area contributed by atoms with Crippen molar-refractivity contribution in [3.63, 3.8) is 0 Å². The van der Waals surface area contributed by atoms with Gasteiger partial charge in [0.1, 0.15) is 0 Å². The quantitative estimate of drug-likeness (QED) is 0.658. The first-order valence-corrected chi connectivity index (χ1v) is 8.29. The number of aliphatic hydroxyl groups is 1. The topological polar surface area (TPSA) is 72.8 Å². The molecule has 5 nitrogen and oxygen atoms in total. The van der Waals surface area contributed by atoms with Crippen molar-refractivity contribution in [3.8, 4) is 0 Å². The van der Waals surface area contributed by atoms with Gasteiger partial charge in [-0.05, 0) is 31.4 Å². The van der Waals surface area contributed by atoms with Crippen molar-refractivity contribution in [3.05, 3.63) is 29.8 Å². The Labute approximate surface area is 128 Å². The number of carbonyl (C=O) groups excluding carboxylic acids is 1. The summed E-state index contributed by atoms with van der Waals surface area (Å²) in [7, 11) is 0. The standard InChI is InChI=1S/C15H21NO4S/c1-2-20-15(18)13-6-4-8-16(10-13)21(19)14-7-3-5-12(9-14)11-17/h3,5,7,9,13,17H,2,4,6,8,10-11H2,1H3. The second kappa shape index (κ2) is 7.79. The molecule has 2 rings (SSSR count). The van der Waals surface area contributed by atoms with E-state index in [2.05, 4.69) is 0 Å². The third-order valence-electron chi connectivity index (χ3n) is 3.52. The Morgan fingerprint density at radius 3 is 3.10 bits per heavy atom. The lowest BCUT2D eigenvalue weighted by Gasteiger charge is -2.31. The van der Waals surface area contributed by atoms with Gasteiger partial charge in [-0.3, -0.25) is 4.79 Å². The van der Waals surface area contributed by atoms with Crippen molar-refractivity contribution in [1.29, 1.82) is 0 Å². The second-order valence-electron chi connectivity index (χ2n) is 5.03. The Balaban J connectivity index is 2.04. The number of benzene rings is 1. The molecule has 0 amide bonds. The first-order valence-electron chi connectivity index (χ1n) is 7.19. The van der Waals surface area contributed by atoms with Gasteiger partial charge in [0, 0.05) is 12.6 Å². The Hall–Kier alpha value is -1.08. The van der Waals surface area contributed by atoms with Crippen LogP contribution >= 0.6 is 0 Å². The summed E-state index contributed by atoms with van der Waals surface area (Å²) in [5.41, 5.74) is 0.736. The summed E-state index contributed by atoms with van der Waals surface area (Å²) in [6.45, 7) is 3.24. The van der Waals surface area contributed by atoms with Gasteiger partial charge >= 0.3 is 5.97 Å². The number of esters is 1. The lowest BCUT2D eigenvalue weighted by molar-refractivity contribution is -0.149. The molecule has 1 N–H and O–H groups in total. The number of hydrogen-bond acceptors (Lipinski definition) is 5. The molecule has 0 radical (unpaired) electrons. The highest BCUT2D eigenvalue weighted by molar-refractivity contribution is 7.89. The molecule has 0 aliphatic carbocycles. The Morgan fingerprint density at radius 1 is 1.57 bits per heavy atom. The summed E-state index contributed by atoms with van der Waals surface area (Å²) in [4.78, 5) is 12.5. The molecule has 1 aliphatic rings. The zero-order valence-corrected chi connectivity index (χ0v) is 13.0. The summed E-state index contributed by atoms with van der Waals surface area (Å²) in [5, 5.41) is 9.15. The van der Waals surface area contributed by atoms with Crippen LogP contribution in [0.4, 0.5) is 0 Å². The number of carbonyl (C=O) groups is 1. The molecule has 116 valence electrons. The molecule has 1 aromatic carbocycles. The smallest absolute Gasteiger partial charge is 0.310 e. The molecule has 1 saturated heterocycles. The highest BCUT2D eigenvalue weighted by Crippen LogP contribution is 2.25. The van der Waals surface area contributed by atoms with Crippen molar-refractivity contribution in [2.24, 2.45) is 5.92 Å². The van der Waals surface area contributed by atoms with Crippen LogP contribution in [0.5, 0.6) is 0 Å². The second-order valence-corrected chi connectivity index (χ2v) is 6.52. The maximum Gasteiger partial charge on any atom is 0.310 e. The highest BCUT2D eigenvalue weighted by Gasteiger charge is 2.33. The third-order valence-corrected chi connectivity index (χ3v) is 4.98. The molecule has 6 heteroatoms. The summed E-state index contributed by atoms with van der Waals surface area (Å²) in [6.07, 6.45) is 1.61. The maximum absolute atomic E-state index is 12.6. The van der Waals surface area contributed by atoms with Crippen LogP contribution in [-0.4, -0.2) is 39.6 Å². The average Bonchev–Trinajstić information content (AvgIpc) is 2.54. The highest BCUT2D eigenvalue weighted by atomic mass is 32.2. The number of nitrogens with zero attached hydrogens (tertiary/aromatic N) is 1. The van der Waals surface area contributed by atoms with Crippen LogP contribution in [0, 0.1) is 5.92 Å². The minimum absolute atomic E-state index is 0.0729. The number of rotatable bonds is 5. The van der Waals surface area contributed by atoms with Gasteiger partial charge in [-0.25, -0.2) is 0 Å². The Morgan fingerprint density at radius 2 is 2.38 bits per heavy atom. The molecule has 1 aromatic rings. The third kappa shape index (κ3) is 4.20. The molecular weight excluding hydrogens is 290 g/mol. The van der Waals surface area contributed by atoms with E-state index < -0.39 is 11.4 Å². The van der Waals surface area contributed by atoms with Crippen LogP contribution < -0.4 is 0 Å². The largest absolute Gasteiger partial charge is 0.593 e. The van der Waals surface area contributed by atoms with E-state index in [1.54, 1.807) is 31.2 Å². The van der Waals surface area contributed by atoms with Crippen LogP contribution in [0.2, 0.25) is 0 Å². The van der Waals surface area contributed by atoms with Crippen molar-refractivity contribution in [2.75, 3.05) is 19.7 Å². The van der Waals surface area contributed by atoms with Gasteiger partial charge < -0.3 is 14.4 Å². The van der Waals surface area contributed by atoms with Gasteiger partial charge in [0.15, 0.2) is 4.90 Å².